The fourth-order valence-electron chi connectivity index (χ4n) is 17.8. The highest BCUT2D eigenvalue weighted by Gasteiger charge is 2.59. The van der Waals surface area contributed by atoms with Gasteiger partial charge >= 0.3 is 6.18 Å². The minimum Gasteiger partial charge on any atom is -0.381 e. The van der Waals surface area contributed by atoms with Crippen LogP contribution >= 0.6 is 0 Å². The Hall–Kier alpha value is -6.87. The second-order valence-corrected chi connectivity index (χ2v) is 32.8. The molecule has 12 amide bonds. The summed E-state index contributed by atoms with van der Waals surface area (Å²) in [6, 6.07) is -9.85. The van der Waals surface area contributed by atoms with Crippen molar-refractivity contribution in [3.05, 3.63) is 12.2 Å². The fraction of sp³-hybridized carbons (Fsp3) is 0.816. The monoisotopic (exact) mass is 1470 g/mol. The molecule has 28 heteroatoms. The van der Waals surface area contributed by atoms with E-state index in [0.29, 0.717) is 31.6 Å². The maximum atomic E-state index is 15.8. The molecule has 0 aromatic carbocycles. The second-order valence-electron chi connectivity index (χ2n) is 32.8. The number of nitrogens with zero attached hydrogens (tertiary/aromatic N) is 9. The smallest absolute Gasteiger partial charge is 0.381 e. The number of methoxy groups -OCH3 is 1. The van der Waals surface area contributed by atoms with Crippen molar-refractivity contribution in [3.8, 4) is 0 Å². The summed E-state index contributed by atoms with van der Waals surface area (Å²) in [6.45, 7) is 14.1. The van der Waals surface area contributed by atoms with Gasteiger partial charge in [0.05, 0.1) is 31.5 Å². The molecular formula is C76H123F3N12O13. The average molecular weight is 1470 g/mol. The van der Waals surface area contributed by atoms with Gasteiger partial charge in [0.15, 0.2) is 0 Å². The summed E-state index contributed by atoms with van der Waals surface area (Å²) in [5.74, 6) is -10.4. The molecule has 4 saturated carbocycles. The van der Waals surface area contributed by atoms with Gasteiger partial charge in [-0.3, -0.25) is 57.5 Å². The van der Waals surface area contributed by atoms with Crippen molar-refractivity contribution in [2.75, 3.05) is 89.2 Å². The number of rotatable bonds is 12. The average Bonchev–Trinajstić information content (AvgIpc) is 1.06. The highest BCUT2D eigenvalue weighted by Crippen LogP contribution is 2.50. The van der Waals surface area contributed by atoms with Gasteiger partial charge in [-0.25, -0.2) is 0 Å². The van der Waals surface area contributed by atoms with Crippen LogP contribution in [0.3, 0.4) is 0 Å². The number of hydrogen-bond acceptors (Lipinski definition) is 13. The number of carbonyl (C=O) groups is 12. The molecule has 0 aromatic heterocycles. The molecule has 3 N–H and O–H groups in total. The largest absolute Gasteiger partial charge is 0.394 e. The summed E-state index contributed by atoms with van der Waals surface area (Å²) in [6.07, 6.45) is 4.94. The van der Waals surface area contributed by atoms with E-state index < -0.39 is 180 Å². The molecule has 4 aliphatic carbocycles. The summed E-state index contributed by atoms with van der Waals surface area (Å²) >= 11 is 0. The van der Waals surface area contributed by atoms with Gasteiger partial charge in [0.2, 0.25) is 70.9 Å². The van der Waals surface area contributed by atoms with Crippen LogP contribution < -0.4 is 16.0 Å². The SMILES string of the molecule is CC[C@H](C)[C@@H]1NC(=O)[C@H](CC)N(C)C(=O)C[C@@H](C(=O)N(C)CC)N(C)C(=O)[C@H](C2CCCC2)N(C)C(=O)C2(CC(C)(C)C2)NC(=O)[C@@H]2C[C@@H](C)CN2C(=O)[C@H](CCC2CCC(C(F)(F)F)C(OC)C2)NC(=O)CN(C)C(=O)[C@H](CC2CCC(C)CC2)N2CC/C=C\C[C@@H](C2=O)N(C)C(=O)CN(C)C1=O. The molecule has 6 fully saturated rings. The van der Waals surface area contributed by atoms with Crippen molar-refractivity contribution in [1.82, 2.24) is 60.0 Å². The van der Waals surface area contributed by atoms with Crippen molar-refractivity contribution in [1.29, 1.82) is 0 Å². The maximum absolute atomic E-state index is 15.8. The molecule has 13 atom stereocenters. The lowest BCUT2D eigenvalue weighted by Crippen LogP contribution is -2.71. The summed E-state index contributed by atoms with van der Waals surface area (Å²) in [4.78, 5) is 193. The molecule has 104 heavy (non-hydrogen) atoms. The van der Waals surface area contributed by atoms with Gasteiger partial charge < -0.3 is 64.8 Å². The molecule has 7 aliphatic rings. The Morgan fingerprint density at radius 3 is 1.90 bits per heavy atom. The number of alkyl halides is 3. The Labute approximate surface area is 614 Å². The van der Waals surface area contributed by atoms with Crippen LogP contribution in [0.5, 0.6) is 0 Å². The van der Waals surface area contributed by atoms with E-state index in [1.807, 2.05) is 33.8 Å². The van der Waals surface area contributed by atoms with Crippen LogP contribution in [-0.2, 0) is 62.3 Å². The summed E-state index contributed by atoms with van der Waals surface area (Å²) in [5.41, 5.74) is -2.10. The van der Waals surface area contributed by atoms with Crippen LogP contribution in [0.2, 0.25) is 0 Å². The third-order valence-electron chi connectivity index (χ3n) is 24.4. The summed E-state index contributed by atoms with van der Waals surface area (Å²) in [7, 11) is 11.4. The standard InChI is InChI=1S/C76H123F3N12O13/c1-17-48(6)63-71(101)85(11)43-62(94)87(13)55-27-21-20-24-36-90(70(55)100)58(38-49-30-28-46(4)29-31-49)69(99)84(10)42-60(92)80-53(35-33-50-32-34-52(76(77,78)79)59(39-50)104-16)67(97)91-41-47(5)37-56(91)66(96)82-75(44-74(7,8)45-75)73(103)89(15)64(51-25-22-23-26-51)72(102)88(14)57(68(98)83(9)19-3)40-61(93)86(12)54(18-2)65(95)81-63/h20-21,46-59,63-64H,17-19,22-45H2,1-16H3,(H,80,92)(H,81,95)(H,82,96)/b21-20-/t46?,47-,48+,49?,50?,52?,53+,54+,55+,56+,57+,58+,59?,63+,64+/m1/s1. The zero-order valence-corrected chi connectivity index (χ0v) is 65.0. The number of amides is 12. The normalized spacial score (nSPS) is 32.3. The van der Waals surface area contributed by atoms with Crippen molar-refractivity contribution >= 4 is 70.9 Å². The number of nitrogens with one attached hydrogen (secondary N) is 3. The van der Waals surface area contributed by atoms with Crippen molar-refractivity contribution in [3.63, 3.8) is 0 Å². The van der Waals surface area contributed by atoms with Crippen molar-refractivity contribution in [2.45, 2.75) is 263 Å². The molecule has 2 bridgehead atoms. The van der Waals surface area contributed by atoms with Crippen LogP contribution in [-0.4, -0.2) is 270 Å². The first kappa shape index (κ1) is 84.4. The third kappa shape index (κ3) is 20.0. The van der Waals surface area contributed by atoms with Gasteiger partial charge in [0, 0.05) is 76.1 Å². The molecular weight excluding hydrogens is 1350 g/mol. The summed E-state index contributed by atoms with van der Waals surface area (Å²) < 4.78 is 48.3. The van der Waals surface area contributed by atoms with E-state index >= 15 is 28.8 Å². The Kier molecular flexibility index (Phi) is 29.3. The van der Waals surface area contributed by atoms with Gasteiger partial charge in [-0.05, 0) is 138 Å². The first-order valence-corrected chi connectivity index (χ1v) is 38.4. The van der Waals surface area contributed by atoms with E-state index in [-0.39, 0.29) is 108 Å². The predicted octanol–water partition coefficient (Wildman–Crippen LogP) is 6.16. The topological polar surface area (TPSA) is 279 Å². The first-order valence-electron chi connectivity index (χ1n) is 38.4. The molecule has 1 spiro atoms. The molecule has 3 unspecified atom stereocenters. The Morgan fingerprint density at radius 1 is 0.673 bits per heavy atom. The van der Waals surface area contributed by atoms with Gasteiger partial charge in [0.25, 0.3) is 0 Å². The maximum Gasteiger partial charge on any atom is 0.394 e. The van der Waals surface area contributed by atoms with Crippen LogP contribution in [0.1, 0.15) is 197 Å². The van der Waals surface area contributed by atoms with E-state index in [2.05, 4.69) is 22.9 Å². The number of fused-ring (bicyclic) bond motifs is 3. The Balaban J connectivity index is 1.31. The fourth-order valence-corrected chi connectivity index (χ4v) is 17.8. The van der Waals surface area contributed by atoms with E-state index in [1.165, 1.54) is 101 Å². The lowest BCUT2D eigenvalue weighted by molar-refractivity contribution is -0.215. The molecule has 3 aliphatic heterocycles. The molecule has 2 saturated heterocycles. The molecule has 586 valence electrons. The van der Waals surface area contributed by atoms with Crippen molar-refractivity contribution < 1.29 is 75.4 Å². The molecule has 3 heterocycles. The zero-order chi connectivity index (χ0) is 77.2. The lowest BCUT2D eigenvalue weighted by Gasteiger charge is -2.54. The van der Waals surface area contributed by atoms with Crippen LogP contribution in [0.4, 0.5) is 13.2 Å². The first-order chi connectivity index (χ1) is 48.8. The molecule has 0 radical (unpaired) electrons. The highest BCUT2D eigenvalue weighted by atomic mass is 19.4. The van der Waals surface area contributed by atoms with Crippen molar-refractivity contribution in [2.24, 2.45) is 46.8 Å². The number of likely N-dealkylation sites (N-methyl/N-ethyl adjacent to an activating group) is 7. The van der Waals surface area contributed by atoms with Gasteiger partial charge in [-0.2, -0.15) is 13.2 Å². The van der Waals surface area contributed by atoms with Gasteiger partial charge in [-0.15, -0.1) is 0 Å². The second kappa shape index (κ2) is 36.1. The van der Waals surface area contributed by atoms with Crippen LogP contribution in [0.25, 0.3) is 0 Å². The third-order valence-corrected chi connectivity index (χ3v) is 24.4. The van der Waals surface area contributed by atoms with Gasteiger partial charge in [-0.1, -0.05) is 106 Å². The number of carbonyl (C=O) groups excluding carboxylic acids is 12. The van der Waals surface area contributed by atoms with E-state index in [1.54, 1.807) is 26.8 Å². The zero-order valence-electron chi connectivity index (χ0n) is 65.0. The Morgan fingerprint density at radius 2 is 1.31 bits per heavy atom. The highest BCUT2D eigenvalue weighted by molar-refractivity contribution is 6.01. The van der Waals surface area contributed by atoms with E-state index in [4.69, 9.17) is 4.74 Å². The minimum absolute atomic E-state index is 0.00595. The quantitative estimate of drug-likeness (QED) is 0.185. The predicted molar refractivity (Wildman–Crippen MR) is 385 cm³/mol. The lowest BCUT2D eigenvalue weighted by atomic mass is 9.58. The van der Waals surface area contributed by atoms with Gasteiger partial charge in [0.1, 0.15) is 53.9 Å². The van der Waals surface area contributed by atoms with Crippen LogP contribution in [0, 0.1) is 46.8 Å². The molecule has 0 aromatic rings. The number of halogens is 3. The summed E-state index contributed by atoms with van der Waals surface area (Å²) in [5, 5.41) is 8.89. The van der Waals surface area contributed by atoms with Crippen LogP contribution in [0.15, 0.2) is 12.2 Å². The molecule has 25 nitrogen and oxygen atoms in total. The van der Waals surface area contributed by atoms with E-state index in [9.17, 15) is 41.9 Å². The van der Waals surface area contributed by atoms with E-state index in [0.717, 1.165) is 38.5 Å². The minimum atomic E-state index is -4.51. The number of hydrogen-bond donors (Lipinski definition) is 3. The number of ether oxygens (including phenoxy) is 1. The molecule has 7 rings (SSSR count). The Bertz CT molecular complexity index is 3110.